The van der Waals surface area contributed by atoms with Crippen LogP contribution in [0.4, 0.5) is 0 Å². The Morgan fingerprint density at radius 1 is 1.39 bits per heavy atom. The van der Waals surface area contributed by atoms with Gasteiger partial charge in [0.25, 0.3) is 0 Å². The number of hydrogen-bond acceptors (Lipinski definition) is 3. The third-order valence-corrected chi connectivity index (χ3v) is 3.84. The first-order valence-electron chi connectivity index (χ1n) is 6.34. The molecule has 1 aromatic carbocycles. The Kier molecular flexibility index (Phi) is 4.62. The summed E-state index contributed by atoms with van der Waals surface area (Å²) < 4.78 is 5.49. The molecule has 0 aliphatic carbocycles. The van der Waals surface area contributed by atoms with Gasteiger partial charge < -0.3 is 15.4 Å². The van der Waals surface area contributed by atoms with Gasteiger partial charge in [0.2, 0.25) is 0 Å². The fourth-order valence-electron chi connectivity index (χ4n) is 2.53. The van der Waals surface area contributed by atoms with E-state index in [1.165, 1.54) is 5.56 Å². The number of hydrogen-bond donors (Lipinski definition) is 1. The molecule has 100 valence electrons. The minimum absolute atomic E-state index is 0.140. The molecule has 1 unspecified atom stereocenters. The van der Waals surface area contributed by atoms with E-state index >= 15 is 0 Å². The van der Waals surface area contributed by atoms with Crippen molar-refractivity contribution < 1.29 is 4.74 Å². The van der Waals surface area contributed by atoms with Gasteiger partial charge in [-0.3, -0.25) is 0 Å². The molecule has 2 N–H and O–H groups in total. The average molecular weight is 269 g/mol. The van der Waals surface area contributed by atoms with Crippen LogP contribution in [0.3, 0.4) is 0 Å². The fraction of sp³-hybridized carbons (Fsp3) is 0.571. The van der Waals surface area contributed by atoms with Crippen LogP contribution in [0.2, 0.25) is 5.02 Å². The number of benzene rings is 1. The van der Waals surface area contributed by atoms with Crippen molar-refractivity contribution in [3.63, 3.8) is 0 Å². The van der Waals surface area contributed by atoms with E-state index in [1.54, 1.807) is 0 Å². The lowest BCUT2D eigenvalue weighted by molar-refractivity contribution is 0.123. The van der Waals surface area contributed by atoms with E-state index in [2.05, 4.69) is 24.1 Å². The standard InChI is InChI=1S/C14H21ClN2O/c1-17(8-12-2-4-13(15)5-3-12)10-14(9-16)6-7-18-11-14/h2-5H,6-11,16H2,1H3. The van der Waals surface area contributed by atoms with Gasteiger partial charge in [0, 0.05) is 36.7 Å². The molecule has 1 heterocycles. The number of ether oxygens (including phenoxy) is 1. The zero-order chi connectivity index (χ0) is 13.0. The molecule has 4 heteroatoms. The Morgan fingerprint density at radius 3 is 2.67 bits per heavy atom. The van der Waals surface area contributed by atoms with Crippen molar-refractivity contribution in [3.8, 4) is 0 Å². The van der Waals surface area contributed by atoms with Gasteiger partial charge in [0.1, 0.15) is 0 Å². The van der Waals surface area contributed by atoms with Gasteiger partial charge in [-0.15, -0.1) is 0 Å². The molecule has 0 radical (unpaired) electrons. The molecule has 1 aromatic rings. The first-order valence-corrected chi connectivity index (χ1v) is 6.72. The molecule has 1 aliphatic rings. The third-order valence-electron chi connectivity index (χ3n) is 3.59. The predicted octanol–water partition coefficient (Wildman–Crippen LogP) is 2.14. The molecule has 1 aliphatic heterocycles. The largest absolute Gasteiger partial charge is 0.381 e. The van der Waals surface area contributed by atoms with E-state index in [0.29, 0.717) is 6.54 Å². The first-order chi connectivity index (χ1) is 8.63. The first kappa shape index (κ1) is 13.8. The smallest absolute Gasteiger partial charge is 0.0547 e. The van der Waals surface area contributed by atoms with Gasteiger partial charge in [-0.1, -0.05) is 23.7 Å². The summed E-state index contributed by atoms with van der Waals surface area (Å²) in [6.07, 6.45) is 1.06. The summed E-state index contributed by atoms with van der Waals surface area (Å²) in [6, 6.07) is 8.00. The molecule has 0 aromatic heterocycles. The van der Waals surface area contributed by atoms with Crippen molar-refractivity contribution in [2.45, 2.75) is 13.0 Å². The van der Waals surface area contributed by atoms with Gasteiger partial charge in [-0.05, 0) is 31.2 Å². The summed E-state index contributed by atoms with van der Waals surface area (Å²) in [5.41, 5.74) is 7.32. The second-order valence-corrected chi connectivity index (χ2v) is 5.74. The Morgan fingerprint density at radius 2 is 2.11 bits per heavy atom. The van der Waals surface area contributed by atoms with E-state index in [9.17, 15) is 0 Å². The number of nitrogens with zero attached hydrogens (tertiary/aromatic N) is 1. The molecular weight excluding hydrogens is 248 g/mol. The van der Waals surface area contributed by atoms with Crippen molar-refractivity contribution >= 4 is 11.6 Å². The summed E-state index contributed by atoms with van der Waals surface area (Å²) in [7, 11) is 2.13. The van der Waals surface area contributed by atoms with Gasteiger partial charge in [-0.2, -0.15) is 0 Å². The monoisotopic (exact) mass is 268 g/mol. The number of rotatable bonds is 5. The zero-order valence-electron chi connectivity index (χ0n) is 10.9. The van der Waals surface area contributed by atoms with E-state index in [0.717, 1.165) is 37.7 Å². The maximum absolute atomic E-state index is 5.91. The molecule has 1 saturated heterocycles. The Labute approximate surface area is 114 Å². The van der Waals surface area contributed by atoms with Crippen molar-refractivity contribution in [1.29, 1.82) is 0 Å². The number of halogens is 1. The minimum Gasteiger partial charge on any atom is -0.381 e. The minimum atomic E-state index is 0.140. The lowest BCUT2D eigenvalue weighted by Gasteiger charge is -2.31. The van der Waals surface area contributed by atoms with E-state index in [-0.39, 0.29) is 5.41 Å². The Bertz CT molecular complexity index is 374. The average Bonchev–Trinajstić information content (AvgIpc) is 2.81. The molecule has 0 bridgehead atoms. The van der Waals surface area contributed by atoms with Crippen LogP contribution in [0.1, 0.15) is 12.0 Å². The van der Waals surface area contributed by atoms with Crippen molar-refractivity contribution in [2.24, 2.45) is 11.1 Å². The Hall–Kier alpha value is -0.610. The van der Waals surface area contributed by atoms with Crippen LogP contribution in [-0.4, -0.2) is 38.3 Å². The lowest BCUT2D eigenvalue weighted by atomic mass is 9.87. The topological polar surface area (TPSA) is 38.5 Å². The number of nitrogens with two attached hydrogens (primary N) is 1. The van der Waals surface area contributed by atoms with Gasteiger partial charge in [-0.25, -0.2) is 0 Å². The second-order valence-electron chi connectivity index (χ2n) is 5.31. The van der Waals surface area contributed by atoms with Gasteiger partial charge >= 0.3 is 0 Å². The molecule has 1 atom stereocenters. The molecule has 0 spiro atoms. The summed E-state index contributed by atoms with van der Waals surface area (Å²) in [5, 5.41) is 0.782. The van der Waals surface area contributed by atoms with Crippen molar-refractivity contribution in [3.05, 3.63) is 34.9 Å². The van der Waals surface area contributed by atoms with Crippen LogP contribution in [0.15, 0.2) is 24.3 Å². The quantitative estimate of drug-likeness (QED) is 0.889. The highest BCUT2D eigenvalue weighted by atomic mass is 35.5. The summed E-state index contributed by atoms with van der Waals surface area (Å²) in [4.78, 5) is 2.31. The summed E-state index contributed by atoms with van der Waals surface area (Å²) in [6.45, 7) is 4.21. The highest BCUT2D eigenvalue weighted by Crippen LogP contribution is 2.28. The van der Waals surface area contributed by atoms with Crippen LogP contribution < -0.4 is 5.73 Å². The summed E-state index contributed by atoms with van der Waals surface area (Å²) >= 11 is 5.88. The molecule has 0 amide bonds. The SMILES string of the molecule is CN(Cc1ccc(Cl)cc1)CC1(CN)CCOC1. The van der Waals surface area contributed by atoms with Crippen molar-refractivity contribution in [2.75, 3.05) is 33.4 Å². The van der Waals surface area contributed by atoms with Gasteiger partial charge in [0.05, 0.1) is 6.61 Å². The van der Waals surface area contributed by atoms with Crippen LogP contribution in [0.5, 0.6) is 0 Å². The van der Waals surface area contributed by atoms with Crippen LogP contribution in [0.25, 0.3) is 0 Å². The van der Waals surface area contributed by atoms with E-state index in [1.807, 2.05) is 12.1 Å². The summed E-state index contributed by atoms with van der Waals surface area (Å²) in [5.74, 6) is 0. The predicted molar refractivity (Wildman–Crippen MR) is 74.7 cm³/mol. The third kappa shape index (κ3) is 3.45. The van der Waals surface area contributed by atoms with E-state index in [4.69, 9.17) is 22.1 Å². The molecule has 1 fully saturated rings. The van der Waals surface area contributed by atoms with Gasteiger partial charge in [0.15, 0.2) is 0 Å². The fourth-order valence-corrected chi connectivity index (χ4v) is 2.66. The van der Waals surface area contributed by atoms with E-state index < -0.39 is 0 Å². The lowest BCUT2D eigenvalue weighted by Crippen LogP contribution is -2.41. The van der Waals surface area contributed by atoms with Crippen LogP contribution in [0, 0.1) is 5.41 Å². The zero-order valence-corrected chi connectivity index (χ0v) is 11.6. The van der Waals surface area contributed by atoms with Crippen molar-refractivity contribution in [1.82, 2.24) is 4.90 Å². The maximum atomic E-state index is 5.91. The maximum Gasteiger partial charge on any atom is 0.0547 e. The second kappa shape index (κ2) is 6.02. The molecule has 2 rings (SSSR count). The van der Waals surface area contributed by atoms with Crippen LogP contribution in [-0.2, 0) is 11.3 Å². The molecule has 3 nitrogen and oxygen atoms in total. The van der Waals surface area contributed by atoms with Crippen LogP contribution >= 0.6 is 11.6 Å². The Balaban J connectivity index is 1.91. The normalized spacial score (nSPS) is 23.8. The molecule has 18 heavy (non-hydrogen) atoms. The highest BCUT2D eigenvalue weighted by Gasteiger charge is 2.34. The highest BCUT2D eigenvalue weighted by molar-refractivity contribution is 6.30. The molecular formula is C14H21ClN2O. The molecule has 0 saturated carbocycles.